The fraction of sp³-hybridized carbons (Fsp3) is 0.948. The first kappa shape index (κ1) is 94.1. The van der Waals surface area contributed by atoms with Gasteiger partial charge >= 0.3 is 39.5 Å². The van der Waals surface area contributed by atoms with Crippen LogP contribution in [0.25, 0.3) is 0 Å². The van der Waals surface area contributed by atoms with E-state index in [1.165, 1.54) is 212 Å². The van der Waals surface area contributed by atoms with E-state index in [1.54, 1.807) is 0 Å². The van der Waals surface area contributed by atoms with Gasteiger partial charge in [-0.3, -0.25) is 37.3 Å². The number of esters is 4. The van der Waals surface area contributed by atoms with Crippen LogP contribution in [0.2, 0.25) is 0 Å². The number of rotatable bonds is 76. The maximum atomic E-state index is 13.1. The number of carbonyl (C=O) groups is 4. The molecule has 0 aromatic rings. The fourth-order valence-electron chi connectivity index (χ4n) is 11.8. The third-order valence-corrected chi connectivity index (χ3v) is 19.9. The Labute approximate surface area is 588 Å². The van der Waals surface area contributed by atoms with Gasteiger partial charge in [0.15, 0.2) is 12.2 Å². The van der Waals surface area contributed by atoms with Crippen LogP contribution < -0.4 is 0 Å². The summed E-state index contributed by atoms with van der Waals surface area (Å²) >= 11 is 0. The average molecular weight is 1410 g/mol. The number of aliphatic hydroxyl groups excluding tert-OH is 1. The minimum atomic E-state index is -4.96. The molecular weight excluding hydrogens is 1260 g/mol. The van der Waals surface area contributed by atoms with E-state index in [9.17, 15) is 43.2 Å². The quantitative estimate of drug-likeness (QED) is 0.0222. The van der Waals surface area contributed by atoms with Crippen molar-refractivity contribution in [1.29, 1.82) is 0 Å². The molecule has 0 spiro atoms. The summed E-state index contributed by atoms with van der Waals surface area (Å²) in [6, 6.07) is 0. The zero-order chi connectivity index (χ0) is 70.7. The van der Waals surface area contributed by atoms with E-state index in [1.807, 2.05) is 0 Å². The highest BCUT2D eigenvalue weighted by atomic mass is 31.2. The zero-order valence-corrected chi connectivity index (χ0v) is 64.5. The number of phosphoric acid groups is 2. The Balaban J connectivity index is 5.19. The summed E-state index contributed by atoms with van der Waals surface area (Å²) in [6.45, 7) is 9.56. The van der Waals surface area contributed by atoms with Crippen molar-refractivity contribution in [3.63, 3.8) is 0 Å². The molecule has 3 N–H and O–H groups in total. The van der Waals surface area contributed by atoms with E-state index >= 15 is 0 Å². The summed E-state index contributed by atoms with van der Waals surface area (Å²) in [4.78, 5) is 72.8. The molecule has 0 aliphatic carbocycles. The Hall–Kier alpha value is -1.94. The molecule has 5 atom stereocenters. The number of hydrogen-bond donors (Lipinski definition) is 3. The van der Waals surface area contributed by atoms with Gasteiger partial charge in [0.1, 0.15) is 19.3 Å². The summed E-state index contributed by atoms with van der Waals surface area (Å²) in [5.74, 6) is -0.615. The molecule has 0 radical (unpaired) electrons. The normalized spacial score (nSPS) is 14.0. The van der Waals surface area contributed by atoms with E-state index in [0.29, 0.717) is 31.6 Å². The molecule has 570 valence electrons. The molecular formula is C77H150O17P2. The van der Waals surface area contributed by atoms with Crippen LogP contribution in [0.1, 0.15) is 401 Å². The summed E-state index contributed by atoms with van der Waals surface area (Å²) in [6.07, 6.45) is 57.0. The van der Waals surface area contributed by atoms with Gasteiger partial charge in [-0.05, 0) is 37.5 Å². The maximum Gasteiger partial charge on any atom is 0.472 e. The maximum absolute atomic E-state index is 13.1. The molecule has 19 heteroatoms. The van der Waals surface area contributed by atoms with E-state index < -0.39 is 97.5 Å². The highest BCUT2D eigenvalue weighted by Crippen LogP contribution is 2.45. The van der Waals surface area contributed by atoms with Crippen LogP contribution in [0.5, 0.6) is 0 Å². The first-order chi connectivity index (χ1) is 46.4. The third kappa shape index (κ3) is 70.5. The van der Waals surface area contributed by atoms with Crippen LogP contribution in [0.15, 0.2) is 0 Å². The van der Waals surface area contributed by atoms with Gasteiger partial charge in [0, 0.05) is 25.7 Å². The molecule has 0 rings (SSSR count). The van der Waals surface area contributed by atoms with Crippen molar-refractivity contribution in [1.82, 2.24) is 0 Å². The van der Waals surface area contributed by atoms with Gasteiger partial charge in [-0.15, -0.1) is 0 Å². The second-order valence-corrected chi connectivity index (χ2v) is 31.6. The molecule has 96 heavy (non-hydrogen) atoms. The van der Waals surface area contributed by atoms with Crippen LogP contribution in [-0.2, 0) is 65.4 Å². The highest BCUT2D eigenvalue weighted by molar-refractivity contribution is 7.47. The van der Waals surface area contributed by atoms with Crippen molar-refractivity contribution in [2.24, 2.45) is 11.8 Å². The van der Waals surface area contributed by atoms with Gasteiger partial charge in [0.25, 0.3) is 0 Å². The number of unbranched alkanes of at least 4 members (excludes halogenated alkanes) is 46. The van der Waals surface area contributed by atoms with Crippen molar-refractivity contribution in [2.75, 3.05) is 39.6 Å². The molecule has 0 bridgehead atoms. The molecule has 0 aromatic carbocycles. The molecule has 0 fully saturated rings. The van der Waals surface area contributed by atoms with Gasteiger partial charge in [-0.1, -0.05) is 350 Å². The Bertz CT molecular complexity index is 1860. The van der Waals surface area contributed by atoms with Gasteiger partial charge in [-0.2, -0.15) is 0 Å². The Morgan fingerprint density at radius 2 is 0.479 bits per heavy atom. The zero-order valence-electron chi connectivity index (χ0n) is 62.7. The molecule has 0 saturated carbocycles. The lowest BCUT2D eigenvalue weighted by atomic mass is 10.0. The third-order valence-electron chi connectivity index (χ3n) is 18.0. The summed E-state index contributed by atoms with van der Waals surface area (Å²) in [5.41, 5.74) is 0. The molecule has 17 nitrogen and oxygen atoms in total. The number of phosphoric ester groups is 2. The molecule has 0 aliphatic heterocycles. The molecule has 0 aromatic heterocycles. The van der Waals surface area contributed by atoms with Crippen molar-refractivity contribution in [3.8, 4) is 0 Å². The van der Waals surface area contributed by atoms with Crippen molar-refractivity contribution in [3.05, 3.63) is 0 Å². The second kappa shape index (κ2) is 68.8. The van der Waals surface area contributed by atoms with Crippen LogP contribution in [0, 0.1) is 11.8 Å². The van der Waals surface area contributed by atoms with E-state index in [-0.39, 0.29) is 25.7 Å². The lowest BCUT2D eigenvalue weighted by Crippen LogP contribution is -2.30. The van der Waals surface area contributed by atoms with E-state index in [4.69, 9.17) is 37.0 Å². The Morgan fingerprint density at radius 1 is 0.281 bits per heavy atom. The van der Waals surface area contributed by atoms with Gasteiger partial charge in [-0.25, -0.2) is 9.13 Å². The van der Waals surface area contributed by atoms with E-state index in [0.717, 1.165) is 102 Å². The van der Waals surface area contributed by atoms with Crippen molar-refractivity contribution in [2.45, 2.75) is 419 Å². The highest BCUT2D eigenvalue weighted by Gasteiger charge is 2.30. The minimum absolute atomic E-state index is 0.107. The molecule has 0 heterocycles. The summed E-state index contributed by atoms with van der Waals surface area (Å²) in [7, 11) is -9.91. The van der Waals surface area contributed by atoms with Gasteiger partial charge in [0.2, 0.25) is 0 Å². The SMILES string of the molecule is CCCCCCCCCCCCCCCC(=O)OC[C@H](COP(=O)(O)OC[C@@H](O)COP(=O)(O)OC[C@@H](COC(=O)CCCCCCCCC(C)C)OC(=O)CCCCCCCCCCCCCCC)OC(=O)CCCCCCCCCCCCCCCCCCCCC(C)C. The molecule has 0 amide bonds. The number of hydrogen-bond acceptors (Lipinski definition) is 15. The number of ether oxygens (including phenoxy) is 4. The minimum Gasteiger partial charge on any atom is -0.462 e. The predicted octanol–water partition coefficient (Wildman–Crippen LogP) is 22.7. The Kier molecular flexibility index (Phi) is 67.4. The largest absolute Gasteiger partial charge is 0.472 e. The number of aliphatic hydroxyl groups is 1. The Morgan fingerprint density at radius 3 is 0.708 bits per heavy atom. The van der Waals surface area contributed by atoms with Crippen molar-refractivity contribution < 1.29 is 80.2 Å². The number of carbonyl (C=O) groups excluding carboxylic acids is 4. The summed E-state index contributed by atoms with van der Waals surface area (Å²) < 4.78 is 68.5. The lowest BCUT2D eigenvalue weighted by molar-refractivity contribution is -0.161. The smallest absolute Gasteiger partial charge is 0.462 e. The molecule has 2 unspecified atom stereocenters. The molecule has 0 saturated heterocycles. The lowest BCUT2D eigenvalue weighted by Gasteiger charge is -2.21. The van der Waals surface area contributed by atoms with Crippen LogP contribution in [-0.4, -0.2) is 96.7 Å². The van der Waals surface area contributed by atoms with Crippen molar-refractivity contribution >= 4 is 39.5 Å². The van der Waals surface area contributed by atoms with E-state index in [2.05, 4.69) is 41.5 Å². The van der Waals surface area contributed by atoms with Crippen LogP contribution in [0.3, 0.4) is 0 Å². The second-order valence-electron chi connectivity index (χ2n) is 28.7. The topological polar surface area (TPSA) is 237 Å². The van der Waals surface area contributed by atoms with Gasteiger partial charge in [0.05, 0.1) is 26.4 Å². The standard InChI is InChI=1S/C77H150O17P2/c1-7-9-11-13-15-17-19-27-32-36-40-47-53-59-74(79)87-65-72(93-76(81)62-56-50-42-38-34-30-26-24-22-21-23-25-29-31-35-39-45-51-57-69(3)4)67-91-95(83,84)89-63-71(78)64-90-96(85,86)92-68-73(66-88-75(80)60-54-48-44-43-46-52-58-70(5)6)94-77(82)61-55-49-41-37-33-28-20-18-16-14-12-10-8-2/h69-73,78H,7-68H2,1-6H3,(H,83,84)(H,85,86)/t71-,72-,73-/m1/s1. The van der Waals surface area contributed by atoms with Crippen LogP contribution in [0.4, 0.5) is 0 Å². The average Bonchev–Trinajstić information content (AvgIpc) is 1.64. The first-order valence-corrected chi connectivity index (χ1v) is 43.0. The predicted molar refractivity (Wildman–Crippen MR) is 391 cm³/mol. The first-order valence-electron chi connectivity index (χ1n) is 40.0. The van der Waals surface area contributed by atoms with Crippen LogP contribution >= 0.6 is 15.6 Å². The van der Waals surface area contributed by atoms with Gasteiger partial charge < -0.3 is 33.8 Å². The summed E-state index contributed by atoms with van der Waals surface area (Å²) in [5, 5.41) is 10.6. The fourth-order valence-corrected chi connectivity index (χ4v) is 13.4. The monoisotopic (exact) mass is 1410 g/mol. The molecule has 0 aliphatic rings.